The number of amides is 1. The third-order valence-corrected chi connectivity index (χ3v) is 6.31. The largest absolute Gasteiger partial charge is 0.493 e. The molecule has 0 aliphatic rings. The summed E-state index contributed by atoms with van der Waals surface area (Å²) < 4.78 is 14.1. The zero-order valence-corrected chi connectivity index (χ0v) is 22.0. The molecular weight excluding hydrogens is 508 g/mol. The Bertz CT molecular complexity index is 1790. The van der Waals surface area contributed by atoms with Crippen molar-refractivity contribution < 1.29 is 19.1 Å². The van der Waals surface area contributed by atoms with Gasteiger partial charge in [-0.1, -0.05) is 54.6 Å². The number of para-hydroxylation sites is 1. The van der Waals surface area contributed by atoms with Crippen molar-refractivity contribution in [1.82, 2.24) is 14.0 Å². The number of aryl methyl sites for hydroxylation is 2. The fourth-order valence-corrected chi connectivity index (χ4v) is 4.40. The van der Waals surface area contributed by atoms with Crippen molar-refractivity contribution in [2.24, 2.45) is 4.99 Å². The van der Waals surface area contributed by atoms with Crippen LogP contribution in [-0.4, -0.2) is 39.0 Å². The summed E-state index contributed by atoms with van der Waals surface area (Å²) >= 11 is 0. The van der Waals surface area contributed by atoms with Gasteiger partial charge in [-0.25, -0.2) is 9.78 Å². The van der Waals surface area contributed by atoms with Crippen molar-refractivity contribution in [2.45, 2.75) is 26.3 Å². The van der Waals surface area contributed by atoms with Crippen molar-refractivity contribution in [3.63, 3.8) is 0 Å². The molecule has 3 aromatic heterocycles. The highest BCUT2D eigenvalue weighted by atomic mass is 16.5. The Morgan fingerprint density at radius 1 is 0.950 bits per heavy atom. The third kappa shape index (κ3) is 5.83. The van der Waals surface area contributed by atoms with E-state index in [-0.39, 0.29) is 41.6 Å². The molecule has 40 heavy (non-hydrogen) atoms. The van der Waals surface area contributed by atoms with E-state index in [1.165, 1.54) is 10.5 Å². The lowest BCUT2D eigenvalue weighted by molar-refractivity contribution is -0.118. The molecule has 0 saturated carbocycles. The van der Waals surface area contributed by atoms with Crippen LogP contribution in [0.1, 0.15) is 29.3 Å². The number of aromatic nitrogens is 3. The monoisotopic (exact) mass is 536 g/mol. The third-order valence-electron chi connectivity index (χ3n) is 6.31. The van der Waals surface area contributed by atoms with Gasteiger partial charge in [-0.05, 0) is 49.2 Å². The summed E-state index contributed by atoms with van der Waals surface area (Å²) in [4.78, 5) is 48.8. The van der Waals surface area contributed by atoms with Crippen LogP contribution in [0.25, 0.3) is 16.7 Å². The Hall–Kier alpha value is -5.05. The van der Waals surface area contributed by atoms with Crippen LogP contribution in [0, 0.1) is 0 Å². The van der Waals surface area contributed by atoms with Crippen molar-refractivity contribution in [3.8, 4) is 5.75 Å². The second-order valence-corrected chi connectivity index (χ2v) is 8.99. The number of hydrogen-bond donors (Lipinski definition) is 0. The van der Waals surface area contributed by atoms with Crippen molar-refractivity contribution in [1.29, 1.82) is 0 Å². The van der Waals surface area contributed by atoms with Crippen LogP contribution in [0.3, 0.4) is 0 Å². The zero-order valence-electron chi connectivity index (χ0n) is 22.0. The Balaban J connectivity index is 1.65. The number of pyridine rings is 2. The lowest BCUT2D eigenvalue weighted by atomic mass is 10.1. The summed E-state index contributed by atoms with van der Waals surface area (Å²) in [6, 6.07) is 25.6. The highest BCUT2D eigenvalue weighted by Crippen LogP contribution is 2.13. The van der Waals surface area contributed by atoms with E-state index in [2.05, 4.69) is 4.99 Å². The molecule has 0 atom stereocenters. The quantitative estimate of drug-likeness (QED) is 0.209. The van der Waals surface area contributed by atoms with Crippen molar-refractivity contribution in [2.75, 3.05) is 13.2 Å². The van der Waals surface area contributed by atoms with Gasteiger partial charge in [-0.15, -0.1) is 0 Å². The van der Waals surface area contributed by atoms with Crippen LogP contribution < -0.4 is 15.8 Å². The number of benzene rings is 2. The van der Waals surface area contributed by atoms with Crippen LogP contribution in [0.2, 0.25) is 0 Å². The molecule has 0 unspecified atom stereocenters. The maximum atomic E-state index is 13.5. The number of fused-ring (bicyclic) bond motifs is 2. The predicted molar refractivity (Wildman–Crippen MR) is 150 cm³/mol. The fourth-order valence-electron chi connectivity index (χ4n) is 4.40. The van der Waals surface area contributed by atoms with E-state index in [4.69, 9.17) is 14.5 Å². The van der Waals surface area contributed by atoms with Gasteiger partial charge in [0.25, 0.3) is 11.5 Å². The number of rotatable bonds is 9. The predicted octanol–water partition coefficient (Wildman–Crippen LogP) is 3.97. The fraction of sp³-hybridized carbons (Fsp3) is 0.194. The molecule has 9 heteroatoms. The average Bonchev–Trinajstić information content (AvgIpc) is 2.98. The van der Waals surface area contributed by atoms with Gasteiger partial charge in [0.05, 0.1) is 25.0 Å². The van der Waals surface area contributed by atoms with Crippen LogP contribution in [0.5, 0.6) is 5.75 Å². The lowest BCUT2D eigenvalue weighted by Gasteiger charge is -2.15. The van der Waals surface area contributed by atoms with E-state index < -0.39 is 11.9 Å². The van der Waals surface area contributed by atoms with Gasteiger partial charge in [0.15, 0.2) is 5.49 Å². The first-order chi connectivity index (χ1) is 19.5. The van der Waals surface area contributed by atoms with E-state index in [9.17, 15) is 14.4 Å². The molecule has 0 spiro atoms. The molecule has 5 rings (SSSR count). The standard InChI is InChI=1S/C31H28N4O5/c1-2-39-31(38)25-21-24-28(32-26-15-9-10-18-34(26)30(24)37)35(19-16-22-11-5-3-6-12-22)29(25)33-27(36)17-20-40-23-13-7-4-8-14-23/h3-15,18,21H,2,16-17,19-20H2,1H3. The van der Waals surface area contributed by atoms with Gasteiger partial charge < -0.3 is 14.0 Å². The number of carbonyl (C=O) groups is 2. The number of hydrogen-bond acceptors (Lipinski definition) is 6. The second-order valence-electron chi connectivity index (χ2n) is 8.99. The number of esters is 1. The maximum absolute atomic E-state index is 13.5. The molecule has 1 amide bonds. The Morgan fingerprint density at radius 3 is 2.42 bits per heavy atom. The number of nitrogens with zero attached hydrogens (tertiary/aromatic N) is 4. The van der Waals surface area contributed by atoms with Gasteiger partial charge in [-0.3, -0.25) is 14.0 Å². The maximum Gasteiger partial charge on any atom is 0.341 e. The van der Waals surface area contributed by atoms with Crippen LogP contribution in [0.15, 0.2) is 101 Å². The minimum Gasteiger partial charge on any atom is -0.493 e. The van der Waals surface area contributed by atoms with Gasteiger partial charge in [0, 0.05) is 12.7 Å². The summed E-state index contributed by atoms with van der Waals surface area (Å²) in [7, 11) is 0. The van der Waals surface area contributed by atoms with E-state index in [1.807, 2.05) is 48.5 Å². The first-order valence-electron chi connectivity index (χ1n) is 13.1. The molecule has 202 valence electrons. The second kappa shape index (κ2) is 12.2. The molecule has 0 bridgehead atoms. The van der Waals surface area contributed by atoms with Crippen LogP contribution in [-0.2, 0) is 22.5 Å². The Morgan fingerprint density at radius 2 is 1.68 bits per heavy atom. The van der Waals surface area contributed by atoms with Crippen LogP contribution in [0.4, 0.5) is 0 Å². The van der Waals surface area contributed by atoms with Gasteiger partial charge in [-0.2, -0.15) is 4.99 Å². The highest BCUT2D eigenvalue weighted by Gasteiger charge is 2.20. The normalized spacial score (nSPS) is 11.6. The summed E-state index contributed by atoms with van der Waals surface area (Å²) in [5.41, 5.74) is 1.58. The number of ether oxygens (including phenoxy) is 2. The molecule has 0 N–H and O–H groups in total. The van der Waals surface area contributed by atoms with E-state index in [0.29, 0.717) is 30.0 Å². The Labute approximate surface area is 230 Å². The molecule has 0 radical (unpaired) electrons. The van der Waals surface area contributed by atoms with Crippen LogP contribution >= 0.6 is 0 Å². The van der Waals surface area contributed by atoms with Gasteiger partial charge >= 0.3 is 5.97 Å². The summed E-state index contributed by atoms with van der Waals surface area (Å²) in [6.45, 7) is 2.24. The topological polar surface area (TPSA) is 104 Å². The van der Waals surface area contributed by atoms with E-state index in [0.717, 1.165) is 5.56 Å². The Kier molecular flexibility index (Phi) is 8.10. The minimum absolute atomic E-state index is 0.0122. The minimum atomic E-state index is -0.678. The molecule has 9 nitrogen and oxygen atoms in total. The lowest BCUT2D eigenvalue weighted by Crippen LogP contribution is -2.33. The first-order valence-corrected chi connectivity index (χ1v) is 13.1. The molecule has 0 saturated heterocycles. The van der Waals surface area contributed by atoms with E-state index >= 15 is 0 Å². The average molecular weight is 537 g/mol. The number of carbonyl (C=O) groups excluding carboxylic acids is 2. The van der Waals surface area contributed by atoms with Crippen molar-refractivity contribution >= 4 is 28.6 Å². The summed E-state index contributed by atoms with van der Waals surface area (Å²) in [6.07, 6.45) is 2.16. The molecule has 0 aliphatic carbocycles. The van der Waals surface area contributed by atoms with Gasteiger partial charge in [0.1, 0.15) is 22.6 Å². The summed E-state index contributed by atoms with van der Waals surface area (Å²) in [5.74, 6) is -0.517. The van der Waals surface area contributed by atoms with Crippen molar-refractivity contribution in [3.05, 3.63) is 118 Å². The molecule has 5 aromatic rings. The summed E-state index contributed by atoms with van der Waals surface area (Å²) in [5, 5.41) is 0.221. The zero-order chi connectivity index (χ0) is 27.9. The SMILES string of the molecule is CCOC(=O)c1cc2c(=O)n3ccccc3nc2n(CCc2ccccc2)c1=NC(=O)CCOc1ccccc1. The molecule has 0 fully saturated rings. The highest BCUT2D eigenvalue weighted by molar-refractivity contribution is 5.93. The van der Waals surface area contributed by atoms with E-state index in [1.54, 1.807) is 48.0 Å². The first kappa shape index (κ1) is 26.6. The van der Waals surface area contributed by atoms with Gasteiger partial charge in [0.2, 0.25) is 0 Å². The molecule has 3 heterocycles. The molecule has 2 aromatic carbocycles. The molecular formula is C31H28N4O5. The molecule has 0 aliphatic heterocycles. The smallest absolute Gasteiger partial charge is 0.341 e.